The number of anilines is 11. The average molecular weight is 1040 g/mol. The summed E-state index contributed by atoms with van der Waals surface area (Å²) >= 11 is 1.92. The number of fused-ring (bicyclic) bond motifs is 11. The fourth-order valence-corrected chi connectivity index (χ4v) is 14.9. The predicted octanol–water partition coefficient (Wildman–Crippen LogP) is 15.7. The molecule has 0 atom stereocenters. The van der Waals surface area contributed by atoms with E-state index in [1.807, 2.05) is 11.8 Å². The van der Waals surface area contributed by atoms with Gasteiger partial charge in [0.15, 0.2) is 0 Å². The highest BCUT2D eigenvalue weighted by Gasteiger charge is 2.48. The number of hydrogen-bond donors (Lipinski definition) is 0. The van der Waals surface area contributed by atoms with E-state index in [0.717, 1.165) is 51.2 Å². The maximum atomic E-state index is 2.63. The van der Waals surface area contributed by atoms with Crippen molar-refractivity contribution in [1.82, 2.24) is 4.57 Å². The quantitative estimate of drug-likeness (QED) is 0.148. The van der Waals surface area contributed by atoms with Gasteiger partial charge in [0.1, 0.15) is 0 Å². The van der Waals surface area contributed by atoms with Gasteiger partial charge in [0.05, 0.1) is 16.7 Å². The normalized spacial score (nSPS) is 13.3. The number of benzene rings is 12. The molecule has 1 aromatic heterocycles. The summed E-state index contributed by atoms with van der Waals surface area (Å²) in [4.78, 5) is 12.6. The highest BCUT2D eigenvalue weighted by molar-refractivity contribution is 8.00. The molecule has 0 spiro atoms. The Bertz CT molecular complexity index is 4520. The van der Waals surface area contributed by atoms with Crippen LogP contribution < -0.4 is 46.8 Å². The van der Waals surface area contributed by atoms with E-state index < -0.39 is 0 Å². The van der Waals surface area contributed by atoms with E-state index in [4.69, 9.17) is 0 Å². The van der Waals surface area contributed by atoms with Gasteiger partial charge >= 0.3 is 6.85 Å². The average Bonchev–Trinajstić information content (AvgIpc) is 3.02. The summed E-state index contributed by atoms with van der Waals surface area (Å²) in [7, 11) is 0. The van der Waals surface area contributed by atoms with Crippen LogP contribution in [0, 0.1) is 0 Å². The molecule has 13 aromatic rings. The highest BCUT2D eigenvalue weighted by Crippen LogP contribution is 2.51. The first kappa shape index (κ1) is 45.2. The SMILES string of the molecule is c1ccc(N2B3c4cc5c(cc4Sc4cc(-n6c7ccccc7c7ccccc76)cc(c43)-c3ccccc32)N(c2ccccc2)c2cc(N(c3ccccc3)c3ccccc3)cc3c2B5c2ccccc2N3c2ccccc2)cc1. The topological polar surface area (TPSA) is 17.9 Å². The Kier molecular flexibility index (Phi) is 10.1. The Labute approximate surface area is 470 Å². The third-order valence-corrected chi connectivity index (χ3v) is 18.0. The van der Waals surface area contributed by atoms with Gasteiger partial charge in [-0.05, 0) is 148 Å². The van der Waals surface area contributed by atoms with Crippen LogP contribution in [0.1, 0.15) is 0 Å². The highest BCUT2D eigenvalue weighted by atomic mass is 32.2. The molecule has 0 saturated carbocycles. The van der Waals surface area contributed by atoms with Crippen LogP contribution >= 0.6 is 11.8 Å². The van der Waals surface area contributed by atoms with Crippen LogP contribution in [0.2, 0.25) is 0 Å². The van der Waals surface area contributed by atoms with Crippen molar-refractivity contribution in [2.75, 3.05) is 19.5 Å². The number of aromatic nitrogens is 1. The summed E-state index contributed by atoms with van der Waals surface area (Å²) < 4.78 is 2.49. The Hall–Kier alpha value is -9.88. The number of para-hydroxylation sites is 9. The van der Waals surface area contributed by atoms with Gasteiger partial charge < -0.3 is 24.1 Å². The molecule has 0 unspecified atom stereocenters. The van der Waals surface area contributed by atoms with Crippen molar-refractivity contribution in [2.45, 2.75) is 9.79 Å². The Morgan fingerprint density at radius 2 is 0.825 bits per heavy atom. The zero-order valence-corrected chi connectivity index (χ0v) is 44.3. The fourth-order valence-electron chi connectivity index (χ4n) is 13.7. The Balaban J connectivity index is 0.965. The summed E-state index contributed by atoms with van der Waals surface area (Å²) in [5, 5.41) is 2.51. The molecule has 0 fully saturated rings. The molecule has 5 heterocycles. The molecular weight excluding hydrogens is 989 g/mol. The molecule has 0 N–H and O–H groups in total. The third kappa shape index (κ3) is 6.69. The van der Waals surface area contributed by atoms with Crippen molar-refractivity contribution < 1.29 is 0 Å². The predicted molar refractivity (Wildman–Crippen MR) is 339 cm³/mol. The second-order valence-electron chi connectivity index (χ2n) is 21.2. The first-order valence-electron chi connectivity index (χ1n) is 27.6. The summed E-state index contributed by atoms with van der Waals surface area (Å²) in [5.41, 5.74) is 25.1. The molecule has 80 heavy (non-hydrogen) atoms. The first-order chi connectivity index (χ1) is 39.7. The summed E-state index contributed by atoms with van der Waals surface area (Å²) in [5.74, 6) is 0. The molecule has 5 nitrogen and oxygen atoms in total. The zero-order valence-electron chi connectivity index (χ0n) is 43.4. The maximum Gasteiger partial charge on any atom is 0.331 e. The van der Waals surface area contributed by atoms with E-state index >= 15 is 0 Å². The van der Waals surface area contributed by atoms with E-state index in [9.17, 15) is 0 Å². The zero-order chi connectivity index (χ0) is 52.4. The van der Waals surface area contributed by atoms with Crippen molar-refractivity contribution in [2.24, 2.45) is 0 Å². The van der Waals surface area contributed by atoms with Crippen LogP contribution in [0.4, 0.5) is 62.6 Å². The minimum Gasteiger partial charge on any atom is -0.376 e. The fraction of sp³-hybridized carbons (Fsp3) is 0. The van der Waals surface area contributed by atoms with E-state index in [1.54, 1.807) is 0 Å². The summed E-state index contributed by atoms with van der Waals surface area (Å²) in [6.45, 7) is -0.235. The smallest absolute Gasteiger partial charge is 0.331 e. The van der Waals surface area contributed by atoms with Crippen LogP contribution in [-0.2, 0) is 0 Å². The molecule has 0 saturated heterocycles. The number of nitrogens with zero attached hydrogens (tertiary/aromatic N) is 5. The van der Waals surface area contributed by atoms with Crippen molar-refractivity contribution in [3.63, 3.8) is 0 Å². The van der Waals surface area contributed by atoms with Crippen molar-refractivity contribution in [3.05, 3.63) is 285 Å². The molecule has 4 aliphatic rings. The summed E-state index contributed by atoms with van der Waals surface area (Å²) in [6, 6.07) is 106. The van der Waals surface area contributed by atoms with Gasteiger partial charge in [-0.2, -0.15) is 0 Å². The van der Waals surface area contributed by atoms with Gasteiger partial charge in [0.2, 0.25) is 0 Å². The van der Waals surface area contributed by atoms with Crippen LogP contribution in [0.5, 0.6) is 0 Å². The molecule has 0 bridgehead atoms. The van der Waals surface area contributed by atoms with Gasteiger partial charge in [-0.3, -0.25) is 0 Å². The molecule has 12 aromatic carbocycles. The lowest BCUT2D eigenvalue weighted by molar-refractivity contribution is 1.16. The lowest BCUT2D eigenvalue weighted by atomic mass is 9.32. The third-order valence-electron chi connectivity index (χ3n) is 16.9. The van der Waals surface area contributed by atoms with Crippen molar-refractivity contribution >= 4 is 137 Å². The lowest BCUT2D eigenvalue weighted by Crippen LogP contribution is -2.64. The molecule has 0 radical (unpaired) electrons. The number of rotatable bonds is 7. The van der Waals surface area contributed by atoms with Gasteiger partial charge in [-0.15, -0.1) is 0 Å². The Morgan fingerprint density at radius 3 is 1.45 bits per heavy atom. The molecular formula is C72H47B2N5S. The lowest BCUT2D eigenvalue weighted by Gasteiger charge is -2.46. The molecule has 0 aliphatic carbocycles. The van der Waals surface area contributed by atoms with Gasteiger partial charge in [-0.1, -0.05) is 182 Å². The molecule has 0 amide bonds. The number of hydrogen-bond acceptors (Lipinski definition) is 5. The van der Waals surface area contributed by atoms with E-state index in [2.05, 4.69) is 309 Å². The monoisotopic (exact) mass is 1040 g/mol. The van der Waals surface area contributed by atoms with E-state index in [-0.39, 0.29) is 13.6 Å². The standard InChI is InChI=1S/C72H47B2N5S/c1-6-24-48(25-7-1)75(49-26-8-2-9-27-49)54-43-67-72-68(44-54)77(51-30-12-4-13-31-51)66-47-69-61(46-60(66)73(72)59-37-19-23-41-65(59)76(67)50-28-10-3-11-29-50)74-71-58(57-36-18-22-40-64(57)79(74)52-32-14-5-15-33-52)42-53(45-70(71)80-69)78-62-38-20-16-34-55(62)56-35-17-21-39-63(56)78/h1-47H. The van der Waals surface area contributed by atoms with Gasteiger partial charge in [-0.25, -0.2) is 0 Å². The van der Waals surface area contributed by atoms with Crippen LogP contribution in [-0.4, -0.2) is 18.1 Å². The van der Waals surface area contributed by atoms with Crippen molar-refractivity contribution in [3.8, 4) is 16.8 Å². The molecule has 4 aliphatic heterocycles. The van der Waals surface area contributed by atoms with E-state index in [1.165, 1.54) is 87.1 Å². The molecule has 17 rings (SSSR count). The van der Waals surface area contributed by atoms with Crippen LogP contribution in [0.25, 0.3) is 38.6 Å². The molecule has 372 valence electrons. The van der Waals surface area contributed by atoms with Crippen molar-refractivity contribution in [1.29, 1.82) is 0 Å². The molecule has 8 heteroatoms. The summed E-state index contributed by atoms with van der Waals surface area (Å²) in [6.07, 6.45) is 0. The van der Waals surface area contributed by atoms with Crippen LogP contribution in [0.3, 0.4) is 0 Å². The Morgan fingerprint density at radius 1 is 0.312 bits per heavy atom. The maximum absolute atomic E-state index is 2.63. The minimum absolute atomic E-state index is 0.100. The van der Waals surface area contributed by atoms with Gasteiger partial charge in [0.25, 0.3) is 6.71 Å². The van der Waals surface area contributed by atoms with Gasteiger partial charge in [0, 0.05) is 88.7 Å². The van der Waals surface area contributed by atoms with E-state index in [0.29, 0.717) is 0 Å². The second-order valence-corrected chi connectivity index (χ2v) is 22.3. The minimum atomic E-state index is -0.135. The largest absolute Gasteiger partial charge is 0.376 e. The van der Waals surface area contributed by atoms with Crippen LogP contribution in [0.15, 0.2) is 295 Å². The second kappa shape index (κ2) is 17.8. The first-order valence-corrected chi connectivity index (χ1v) is 28.4.